The predicted octanol–water partition coefficient (Wildman–Crippen LogP) is 1.19. The summed E-state index contributed by atoms with van der Waals surface area (Å²) in [6.07, 6.45) is 0.472. The van der Waals surface area contributed by atoms with Crippen molar-refractivity contribution >= 4 is 35.0 Å². The van der Waals surface area contributed by atoms with Gasteiger partial charge in [0.25, 0.3) is 5.91 Å². The molecule has 4 unspecified atom stereocenters. The zero-order valence-electron chi connectivity index (χ0n) is 16.8. The van der Waals surface area contributed by atoms with Gasteiger partial charge in [-0.2, -0.15) is 0 Å². The van der Waals surface area contributed by atoms with Crippen LogP contribution in [-0.2, 0) is 14.4 Å². The van der Waals surface area contributed by atoms with Gasteiger partial charge in [-0.05, 0) is 18.1 Å². The van der Waals surface area contributed by atoms with Gasteiger partial charge in [-0.25, -0.2) is 0 Å². The first kappa shape index (κ1) is 21.3. The quantitative estimate of drug-likeness (QED) is 0.337. The van der Waals surface area contributed by atoms with E-state index in [2.05, 4.69) is 0 Å². The van der Waals surface area contributed by atoms with E-state index in [9.17, 15) is 29.7 Å². The Balaban J connectivity index is 1.96. The molecule has 1 heterocycles. The lowest BCUT2D eigenvalue weighted by Crippen LogP contribution is -2.58. The maximum absolute atomic E-state index is 13.5. The highest BCUT2D eigenvalue weighted by molar-refractivity contribution is 8.00. The van der Waals surface area contributed by atoms with Crippen molar-refractivity contribution in [3.8, 4) is 11.5 Å². The minimum atomic E-state index is -1.36. The average molecular weight is 446 g/mol. The normalized spacial score (nSPS) is 30.0. The summed E-state index contributed by atoms with van der Waals surface area (Å²) in [6, 6.07) is 1.75. The van der Waals surface area contributed by atoms with Crippen LogP contribution in [0.25, 0.3) is 5.76 Å². The van der Waals surface area contributed by atoms with Gasteiger partial charge in [-0.1, -0.05) is 13.3 Å². The fraction of sp³-hybridized carbons (Fsp3) is 0.381. The number of benzene rings is 1. The molecule has 0 saturated heterocycles. The molecule has 1 aliphatic heterocycles. The van der Waals surface area contributed by atoms with Crippen LogP contribution in [0.2, 0.25) is 0 Å². The van der Waals surface area contributed by atoms with E-state index in [-0.39, 0.29) is 16.9 Å². The number of Topliss-reactive ketones (excluding diaryl/α,β-unsaturated/α-hetero) is 2. The molecule has 1 fully saturated rings. The number of carbonyl (C=O) groups excluding carboxylic acids is 3. The second-order valence-corrected chi connectivity index (χ2v) is 8.95. The first-order valence-electron chi connectivity index (χ1n) is 9.72. The zero-order chi connectivity index (χ0) is 22.8. The second kappa shape index (κ2) is 7.31. The van der Waals surface area contributed by atoms with Crippen LogP contribution in [0.3, 0.4) is 0 Å². The molecule has 2 aliphatic carbocycles. The number of nitrogens with two attached hydrogens (primary N) is 2. The molecule has 31 heavy (non-hydrogen) atoms. The van der Waals surface area contributed by atoms with E-state index in [1.165, 1.54) is 24.9 Å². The zero-order valence-corrected chi connectivity index (χ0v) is 17.6. The highest BCUT2D eigenvalue weighted by Gasteiger charge is 2.58. The lowest BCUT2D eigenvalue weighted by molar-refractivity contribution is -0.136. The second-order valence-electron chi connectivity index (χ2n) is 7.80. The molecule has 0 aromatic heterocycles. The molecule has 5 atom stereocenters. The highest BCUT2D eigenvalue weighted by Crippen LogP contribution is 2.57. The van der Waals surface area contributed by atoms with Gasteiger partial charge >= 0.3 is 0 Å². The molecule has 0 spiro atoms. The molecular formula is C21H22N2O7S. The minimum absolute atomic E-state index is 0.0140. The number of ketones is 2. The number of rotatable bonds is 3. The van der Waals surface area contributed by atoms with Gasteiger partial charge in [0.05, 0.1) is 35.1 Å². The summed E-state index contributed by atoms with van der Waals surface area (Å²) in [5.74, 6) is -6.17. The van der Waals surface area contributed by atoms with Crippen LogP contribution in [0.4, 0.5) is 0 Å². The molecule has 0 bridgehead atoms. The van der Waals surface area contributed by atoms with Crippen LogP contribution in [-0.4, -0.2) is 51.2 Å². The van der Waals surface area contributed by atoms with Crippen LogP contribution >= 0.6 is 11.8 Å². The van der Waals surface area contributed by atoms with Crippen LogP contribution < -0.4 is 16.2 Å². The minimum Gasteiger partial charge on any atom is -0.510 e. The lowest BCUT2D eigenvalue weighted by Gasteiger charge is -2.48. The van der Waals surface area contributed by atoms with Gasteiger partial charge in [-0.15, -0.1) is 11.8 Å². The molecule has 164 valence electrons. The third-order valence-electron chi connectivity index (χ3n) is 6.39. The number of aliphatic hydroxyl groups is 2. The summed E-state index contributed by atoms with van der Waals surface area (Å²) in [5.41, 5.74) is 10.8. The number of hydrogen-bond donors (Lipinski definition) is 5. The topological polar surface area (TPSA) is 173 Å². The Morgan fingerprint density at radius 1 is 1.19 bits per heavy atom. The van der Waals surface area contributed by atoms with Crippen molar-refractivity contribution in [3.05, 3.63) is 34.6 Å². The molecule has 3 aliphatic rings. The summed E-state index contributed by atoms with van der Waals surface area (Å²) in [4.78, 5) is 38.8. The van der Waals surface area contributed by atoms with Crippen LogP contribution in [0.15, 0.2) is 33.9 Å². The van der Waals surface area contributed by atoms with E-state index in [0.29, 0.717) is 17.1 Å². The van der Waals surface area contributed by atoms with Gasteiger partial charge in [0.1, 0.15) is 28.6 Å². The van der Waals surface area contributed by atoms with Gasteiger partial charge in [-0.3, -0.25) is 14.4 Å². The molecule has 1 aromatic rings. The Morgan fingerprint density at radius 2 is 1.87 bits per heavy atom. The number of hydrogen-bond acceptors (Lipinski definition) is 9. The van der Waals surface area contributed by atoms with E-state index in [1.807, 2.05) is 6.92 Å². The van der Waals surface area contributed by atoms with E-state index in [4.69, 9.17) is 16.2 Å². The average Bonchev–Trinajstić information content (AvgIpc) is 2.71. The molecule has 10 heteroatoms. The number of phenolic OH excluding ortho intramolecular Hbond substituents is 1. The van der Waals surface area contributed by atoms with Gasteiger partial charge < -0.3 is 31.5 Å². The number of aromatic hydroxyl groups is 1. The Kier molecular flexibility index (Phi) is 5.01. The summed E-state index contributed by atoms with van der Waals surface area (Å²) in [5, 5.41) is 31.3. The van der Waals surface area contributed by atoms with Crippen LogP contribution in [0, 0.1) is 17.8 Å². The molecule has 7 N–H and O–H groups in total. The smallest absolute Gasteiger partial charge is 0.255 e. The Hall–Kier alpha value is -2.98. The van der Waals surface area contributed by atoms with Crippen molar-refractivity contribution in [2.24, 2.45) is 29.2 Å². The van der Waals surface area contributed by atoms with Gasteiger partial charge in [0.2, 0.25) is 0 Å². The van der Waals surface area contributed by atoms with Crippen LogP contribution in [0.1, 0.15) is 18.9 Å². The van der Waals surface area contributed by atoms with E-state index < -0.39 is 63.6 Å². The van der Waals surface area contributed by atoms with Crippen molar-refractivity contribution in [1.82, 2.24) is 0 Å². The Labute approximate surface area is 181 Å². The number of ether oxygens (including phenoxy) is 1. The monoisotopic (exact) mass is 446 g/mol. The maximum atomic E-state index is 13.5. The predicted molar refractivity (Wildman–Crippen MR) is 111 cm³/mol. The lowest BCUT2D eigenvalue weighted by atomic mass is 9.59. The fourth-order valence-corrected chi connectivity index (χ4v) is 6.73. The third kappa shape index (κ3) is 2.78. The van der Waals surface area contributed by atoms with E-state index in [1.54, 1.807) is 6.07 Å². The molecule has 1 amide bonds. The van der Waals surface area contributed by atoms with E-state index in [0.717, 1.165) is 0 Å². The van der Waals surface area contributed by atoms with Crippen molar-refractivity contribution in [2.75, 3.05) is 7.11 Å². The fourth-order valence-electron chi connectivity index (χ4n) is 5.00. The summed E-state index contributed by atoms with van der Waals surface area (Å²) >= 11 is 1.23. The Morgan fingerprint density at radius 3 is 2.45 bits per heavy atom. The standard InChI is InChI=1S/C21H22N2O7S/c1-3-6-9-11(17(27)13(21(23)29)18(28)14(9)22)16(26)12-15(25)10-7(24)4-5-8(30-2)20(10)31-19(6)12/h4-6,9,11,14,19,24-25,28H,3,22H2,1-2H3,(H2,23,29)/t6?,9?,11?,14-,19?/m0/s1. The van der Waals surface area contributed by atoms with E-state index >= 15 is 0 Å². The summed E-state index contributed by atoms with van der Waals surface area (Å²) in [7, 11) is 1.45. The number of methoxy groups -OCH3 is 1. The first-order chi connectivity index (χ1) is 14.6. The van der Waals surface area contributed by atoms with Crippen LogP contribution in [0.5, 0.6) is 11.5 Å². The number of thioether (sulfide) groups is 1. The van der Waals surface area contributed by atoms with Crippen molar-refractivity contribution < 1.29 is 34.4 Å². The number of amides is 1. The number of carbonyl (C=O) groups is 3. The van der Waals surface area contributed by atoms with Crippen molar-refractivity contribution in [2.45, 2.75) is 29.5 Å². The number of fused-ring (bicyclic) bond motifs is 3. The molecule has 0 radical (unpaired) electrons. The number of primary amides is 1. The SMILES string of the molecule is CCC1C2Sc3c(OC)ccc(O)c3C(O)=C2C(=O)C2C(=O)C(C(N)=O)=C(O)[C@@H](N)C21. The molecule has 4 rings (SSSR count). The summed E-state index contributed by atoms with van der Waals surface area (Å²) < 4.78 is 5.37. The van der Waals surface area contributed by atoms with Gasteiger partial charge in [0.15, 0.2) is 11.6 Å². The summed E-state index contributed by atoms with van der Waals surface area (Å²) in [6.45, 7) is 1.85. The van der Waals surface area contributed by atoms with Gasteiger partial charge in [0, 0.05) is 11.2 Å². The maximum Gasteiger partial charge on any atom is 0.255 e. The molecular weight excluding hydrogens is 424 g/mol. The van der Waals surface area contributed by atoms with Crippen molar-refractivity contribution in [3.63, 3.8) is 0 Å². The number of aliphatic hydroxyl groups excluding tert-OH is 2. The Bertz CT molecular complexity index is 1090. The largest absolute Gasteiger partial charge is 0.510 e. The highest BCUT2D eigenvalue weighted by atomic mass is 32.2. The molecule has 1 saturated carbocycles. The van der Waals surface area contributed by atoms with Crippen molar-refractivity contribution in [1.29, 1.82) is 0 Å². The molecule has 9 nitrogen and oxygen atoms in total. The molecule has 1 aromatic carbocycles. The number of phenols is 1. The third-order valence-corrected chi connectivity index (χ3v) is 7.87. The first-order valence-corrected chi connectivity index (χ1v) is 10.6.